The molecule has 9 nitrogen and oxygen atoms in total. The van der Waals surface area contributed by atoms with E-state index in [-0.39, 0.29) is 17.5 Å². The van der Waals surface area contributed by atoms with Gasteiger partial charge in [0.05, 0.1) is 5.41 Å². The average molecular weight is 533 g/mol. The Bertz CT molecular complexity index is 1220. The van der Waals surface area contributed by atoms with Crippen LogP contribution in [-0.4, -0.2) is 55.1 Å². The predicted octanol–water partition coefficient (Wildman–Crippen LogP) is 3.62. The van der Waals surface area contributed by atoms with Gasteiger partial charge < -0.3 is 14.2 Å². The Balaban J connectivity index is 1.72. The Morgan fingerprint density at radius 2 is 1.10 bits per heavy atom. The maximum atomic E-state index is 12.5. The van der Waals surface area contributed by atoms with Crippen LogP contribution >= 0.6 is 0 Å². The first-order valence-electron chi connectivity index (χ1n) is 12.4. The van der Waals surface area contributed by atoms with Crippen LogP contribution in [0.4, 0.5) is 0 Å². The fraction of sp³-hybridized carbons (Fsp3) is 0.267. The molecule has 0 aromatic heterocycles. The van der Waals surface area contributed by atoms with Crippen molar-refractivity contribution in [2.45, 2.75) is 26.2 Å². The summed E-state index contributed by atoms with van der Waals surface area (Å²) in [6, 6.07) is 15.6. The molecule has 0 heterocycles. The molecule has 1 aliphatic rings. The lowest BCUT2D eigenvalue weighted by Gasteiger charge is -2.30. The quantitative estimate of drug-likeness (QED) is 0.164. The van der Waals surface area contributed by atoms with Crippen molar-refractivity contribution in [3.63, 3.8) is 0 Å². The van der Waals surface area contributed by atoms with Gasteiger partial charge in [0, 0.05) is 16.7 Å². The summed E-state index contributed by atoms with van der Waals surface area (Å²) in [5.41, 5.74) is -0.798. The third-order valence-electron chi connectivity index (χ3n) is 6.21. The second-order valence-electron chi connectivity index (χ2n) is 8.96. The fourth-order valence-electron chi connectivity index (χ4n) is 3.62. The second kappa shape index (κ2) is 13.8. The van der Waals surface area contributed by atoms with Crippen LogP contribution in [0.25, 0.3) is 0 Å². The van der Waals surface area contributed by atoms with E-state index < -0.39 is 60.5 Å². The highest BCUT2D eigenvalue weighted by atomic mass is 16.6. The summed E-state index contributed by atoms with van der Waals surface area (Å²) in [6.07, 6.45) is 6.21. The van der Waals surface area contributed by atoms with Crippen LogP contribution in [0.2, 0.25) is 0 Å². The SMILES string of the molecule is CCC(COC(=O)C(=O)C1=CC=CCC1)(COC(=O)C(=O)c1ccccc1)COC(=O)C(=O)c1ccccc1. The van der Waals surface area contributed by atoms with E-state index in [9.17, 15) is 28.8 Å². The van der Waals surface area contributed by atoms with Crippen molar-refractivity contribution >= 4 is 35.3 Å². The molecule has 0 saturated carbocycles. The number of ketones is 3. The number of esters is 3. The largest absolute Gasteiger partial charge is 0.459 e. The van der Waals surface area contributed by atoms with E-state index in [1.54, 1.807) is 49.4 Å². The summed E-state index contributed by atoms with van der Waals surface area (Å²) in [6.45, 7) is 0.210. The molecule has 0 bridgehead atoms. The van der Waals surface area contributed by atoms with E-state index in [0.717, 1.165) is 0 Å². The smallest absolute Gasteiger partial charge is 0.379 e. The van der Waals surface area contributed by atoms with Gasteiger partial charge in [0.25, 0.3) is 17.3 Å². The number of benzene rings is 2. The minimum atomic E-state index is -1.34. The Morgan fingerprint density at radius 3 is 1.49 bits per heavy atom. The zero-order chi connectivity index (χ0) is 28.3. The lowest BCUT2D eigenvalue weighted by atomic mass is 9.87. The molecule has 202 valence electrons. The first-order valence-corrected chi connectivity index (χ1v) is 12.4. The summed E-state index contributed by atoms with van der Waals surface area (Å²) in [4.78, 5) is 74.9. The van der Waals surface area contributed by atoms with Gasteiger partial charge in [-0.05, 0) is 19.3 Å². The Labute approximate surface area is 225 Å². The topological polar surface area (TPSA) is 130 Å². The number of ether oxygens (including phenoxy) is 3. The maximum Gasteiger partial charge on any atom is 0.379 e. The zero-order valence-electron chi connectivity index (χ0n) is 21.4. The van der Waals surface area contributed by atoms with Crippen LogP contribution in [0, 0.1) is 5.41 Å². The van der Waals surface area contributed by atoms with Crippen LogP contribution < -0.4 is 0 Å². The van der Waals surface area contributed by atoms with Gasteiger partial charge >= 0.3 is 17.9 Å². The molecule has 0 saturated heterocycles. The van der Waals surface area contributed by atoms with Gasteiger partial charge in [-0.3, -0.25) is 14.4 Å². The lowest BCUT2D eigenvalue weighted by molar-refractivity contribution is -0.162. The summed E-state index contributed by atoms with van der Waals surface area (Å²) < 4.78 is 15.7. The molecular weight excluding hydrogens is 504 g/mol. The zero-order valence-corrected chi connectivity index (χ0v) is 21.4. The minimum Gasteiger partial charge on any atom is -0.459 e. The van der Waals surface area contributed by atoms with Gasteiger partial charge in [-0.1, -0.05) is 85.8 Å². The molecule has 0 amide bonds. The minimum absolute atomic E-state index is 0.122. The van der Waals surface area contributed by atoms with Crippen LogP contribution in [0.1, 0.15) is 46.9 Å². The van der Waals surface area contributed by atoms with Gasteiger partial charge in [-0.15, -0.1) is 0 Å². The average Bonchev–Trinajstić information content (AvgIpc) is 3.00. The van der Waals surface area contributed by atoms with Crippen molar-refractivity contribution in [1.29, 1.82) is 0 Å². The van der Waals surface area contributed by atoms with E-state index in [1.807, 2.05) is 6.08 Å². The molecule has 0 spiro atoms. The molecule has 2 aromatic carbocycles. The molecule has 3 rings (SSSR count). The number of hydrogen-bond acceptors (Lipinski definition) is 9. The van der Waals surface area contributed by atoms with Gasteiger partial charge in [0.15, 0.2) is 0 Å². The normalized spacial score (nSPS) is 12.6. The molecular formula is C30H28O9. The lowest BCUT2D eigenvalue weighted by Crippen LogP contribution is -2.41. The van der Waals surface area contributed by atoms with Crippen molar-refractivity contribution in [3.8, 4) is 0 Å². The number of allylic oxidation sites excluding steroid dienone is 3. The molecule has 2 aromatic rings. The van der Waals surface area contributed by atoms with Crippen LogP contribution in [0.5, 0.6) is 0 Å². The highest BCUT2D eigenvalue weighted by Gasteiger charge is 2.37. The summed E-state index contributed by atoms with van der Waals surface area (Å²) in [5.74, 6) is -6.02. The first kappa shape index (κ1) is 28.9. The van der Waals surface area contributed by atoms with Crippen molar-refractivity contribution in [3.05, 3.63) is 95.6 Å². The highest BCUT2D eigenvalue weighted by molar-refractivity contribution is 6.41. The van der Waals surface area contributed by atoms with Crippen molar-refractivity contribution in [2.24, 2.45) is 5.41 Å². The van der Waals surface area contributed by atoms with Crippen LogP contribution in [0.3, 0.4) is 0 Å². The van der Waals surface area contributed by atoms with E-state index in [4.69, 9.17) is 14.2 Å². The van der Waals surface area contributed by atoms with Crippen LogP contribution in [0.15, 0.2) is 84.5 Å². The van der Waals surface area contributed by atoms with Gasteiger partial charge in [-0.25, -0.2) is 14.4 Å². The molecule has 39 heavy (non-hydrogen) atoms. The maximum absolute atomic E-state index is 12.5. The molecule has 0 fully saturated rings. The number of carbonyl (C=O) groups is 6. The van der Waals surface area contributed by atoms with Gasteiger partial charge in [0.2, 0.25) is 0 Å². The fourth-order valence-corrected chi connectivity index (χ4v) is 3.62. The molecule has 0 atom stereocenters. The molecule has 9 heteroatoms. The Kier molecular flexibility index (Phi) is 10.2. The number of hydrogen-bond donors (Lipinski definition) is 0. The molecule has 0 N–H and O–H groups in total. The summed E-state index contributed by atoms with van der Waals surface area (Å²) in [7, 11) is 0. The number of Topliss-reactive ketones (excluding diaryl/α,β-unsaturated/α-hetero) is 3. The predicted molar refractivity (Wildman–Crippen MR) is 139 cm³/mol. The third-order valence-corrected chi connectivity index (χ3v) is 6.21. The van der Waals surface area contributed by atoms with Gasteiger partial charge in [0.1, 0.15) is 19.8 Å². The van der Waals surface area contributed by atoms with Gasteiger partial charge in [-0.2, -0.15) is 0 Å². The van der Waals surface area contributed by atoms with Crippen molar-refractivity contribution in [1.82, 2.24) is 0 Å². The van der Waals surface area contributed by atoms with Crippen LogP contribution in [-0.2, 0) is 33.4 Å². The monoisotopic (exact) mass is 532 g/mol. The van der Waals surface area contributed by atoms with E-state index in [1.165, 1.54) is 30.3 Å². The summed E-state index contributed by atoms with van der Waals surface area (Å²) >= 11 is 0. The van der Waals surface area contributed by atoms with E-state index >= 15 is 0 Å². The number of rotatable bonds is 13. The molecule has 0 unspecified atom stereocenters. The number of carbonyl (C=O) groups excluding carboxylic acids is 6. The Hall–Kier alpha value is -4.66. The second-order valence-corrected chi connectivity index (χ2v) is 8.96. The Morgan fingerprint density at radius 1 is 0.667 bits per heavy atom. The summed E-state index contributed by atoms with van der Waals surface area (Å²) in [5, 5.41) is 0. The van der Waals surface area contributed by atoms with E-state index in [0.29, 0.717) is 18.4 Å². The van der Waals surface area contributed by atoms with Crippen molar-refractivity contribution < 1.29 is 43.0 Å². The molecule has 0 radical (unpaired) electrons. The van der Waals surface area contributed by atoms with E-state index in [2.05, 4.69) is 0 Å². The third kappa shape index (κ3) is 7.91. The molecule has 0 aliphatic heterocycles. The molecule has 1 aliphatic carbocycles. The van der Waals surface area contributed by atoms with Crippen molar-refractivity contribution in [2.75, 3.05) is 19.8 Å². The standard InChI is InChI=1S/C30H28O9/c1-2-30(18-37-27(34)24(31)21-12-6-3-7-13-21,19-38-28(35)25(32)22-14-8-4-9-15-22)20-39-29(36)26(33)23-16-10-5-11-17-23/h3-10,12-16H,2,11,17-20H2,1H3. The highest BCUT2D eigenvalue weighted by Crippen LogP contribution is 2.25. The first-order chi connectivity index (χ1) is 18.8.